The average Bonchev–Trinajstić information content (AvgIpc) is 2.84. The van der Waals surface area contributed by atoms with Gasteiger partial charge in [-0.2, -0.15) is 0 Å². The van der Waals surface area contributed by atoms with Crippen molar-refractivity contribution in [2.75, 3.05) is 37.6 Å². The summed E-state index contributed by atoms with van der Waals surface area (Å²) in [5, 5.41) is 0. The third-order valence-electron chi connectivity index (χ3n) is 4.37. The SMILES string of the molecule is Cc1cc(C)cc(N2CCN(C[C@H]3CCC(=O)O3)CC2)c1. The molecule has 4 nitrogen and oxygen atoms in total. The maximum atomic E-state index is 11.1. The van der Waals surface area contributed by atoms with Crippen LogP contribution in [0.1, 0.15) is 24.0 Å². The topological polar surface area (TPSA) is 32.8 Å². The molecule has 0 N–H and O–H groups in total. The zero-order valence-electron chi connectivity index (χ0n) is 13.0. The van der Waals surface area contributed by atoms with Crippen molar-refractivity contribution in [3.63, 3.8) is 0 Å². The van der Waals surface area contributed by atoms with Crippen molar-refractivity contribution in [1.82, 2.24) is 4.90 Å². The van der Waals surface area contributed by atoms with E-state index in [-0.39, 0.29) is 12.1 Å². The number of anilines is 1. The smallest absolute Gasteiger partial charge is 0.306 e. The van der Waals surface area contributed by atoms with Crippen LogP contribution >= 0.6 is 0 Å². The van der Waals surface area contributed by atoms with Crippen LogP contribution in [0.25, 0.3) is 0 Å². The van der Waals surface area contributed by atoms with Gasteiger partial charge in [-0.25, -0.2) is 0 Å². The first-order valence-corrected chi connectivity index (χ1v) is 7.85. The quantitative estimate of drug-likeness (QED) is 0.798. The summed E-state index contributed by atoms with van der Waals surface area (Å²) < 4.78 is 5.31. The maximum absolute atomic E-state index is 11.1. The van der Waals surface area contributed by atoms with E-state index in [0.717, 1.165) is 39.1 Å². The summed E-state index contributed by atoms with van der Waals surface area (Å²) in [4.78, 5) is 16.0. The number of hydrogen-bond acceptors (Lipinski definition) is 4. The molecule has 0 aromatic heterocycles. The second kappa shape index (κ2) is 6.06. The molecule has 0 radical (unpaired) electrons. The van der Waals surface area contributed by atoms with Gasteiger partial charge in [0.15, 0.2) is 0 Å². The molecule has 2 aliphatic heterocycles. The molecule has 2 saturated heterocycles. The number of piperazine rings is 1. The van der Waals surface area contributed by atoms with E-state index in [1.165, 1.54) is 16.8 Å². The van der Waals surface area contributed by atoms with E-state index in [9.17, 15) is 4.79 Å². The summed E-state index contributed by atoms with van der Waals surface area (Å²) in [6, 6.07) is 6.75. The van der Waals surface area contributed by atoms with Gasteiger partial charge in [0, 0.05) is 44.8 Å². The van der Waals surface area contributed by atoms with E-state index in [4.69, 9.17) is 4.74 Å². The number of hydrogen-bond donors (Lipinski definition) is 0. The summed E-state index contributed by atoms with van der Waals surface area (Å²) in [6.45, 7) is 9.38. The van der Waals surface area contributed by atoms with E-state index in [1.54, 1.807) is 0 Å². The third kappa shape index (κ3) is 3.56. The van der Waals surface area contributed by atoms with Crippen LogP contribution in [-0.2, 0) is 9.53 Å². The van der Waals surface area contributed by atoms with Crippen molar-refractivity contribution in [3.05, 3.63) is 29.3 Å². The molecule has 0 saturated carbocycles. The van der Waals surface area contributed by atoms with Gasteiger partial charge in [-0.1, -0.05) is 6.07 Å². The number of esters is 1. The van der Waals surface area contributed by atoms with E-state index in [2.05, 4.69) is 41.8 Å². The van der Waals surface area contributed by atoms with Gasteiger partial charge in [0.25, 0.3) is 0 Å². The van der Waals surface area contributed by atoms with Gasteiger partial charge in [0.2, 0.25) is 0 Å². The number of cyclic esters (lactones) is 1. The fraction of sp³-hybridized carbons (Fsp3) is 0.588. The molecule has 2 aliphatic rings. The molecule has 1 atom stereocenters. The third-order valence-corrected chi connectivity index (χ3v) is 4.37. The zero-order chi connectivity index (χ0) is 14.8. The molecule has 2 heterocycles. The average molecular weight is 288 g/mol. The summed E-state index contributed by atoms with van der Waals surface area (Å²) in [5.41, 5.74) is 3.98. The molecule has 3 rings (SSSR count). The van der Waals surface area contributed by atoms with Gasteiger partial charge in [-0.3, -0.25) is 9.69 Å². The molecule has 1 aromatic rings. The fourth-order valence-electron chi connectivity index (χ4n) is 3.32. The first-order chi connectivity index (χ1) is 10.1. The van der Waals surface area contributed by atoms with Crippen LogP contribution in [-0.4, -0.2) is 49.7 Å². The lowest BCUT2D eigenvalue weighted by atomic mass is 10.1. The highest BCUT2D eigenvalue weighted by atomic mass is 16.5. The van der Waals surface area contributed by atoms with E-state index in [0.29, 0.717) is 6.42 Å². The molecule has 0 aliphatic carbocycles. The van der Waals surface area contributed by atoms with Crippen LogP contribution in [0.4, 0.5) is 5.69 Å². The summed E-state index contributed by atoms with van der Waals surface area (Å²) in [6.07, 6.45) is 1.59. The Morgan fingerprint density at radius 1 is 1.10 bits per heavy atom. The van der Waals surface area contributed by atoms with Crippen molar-refractivity contribution in [2.24, 2.45) is 0 Å². The van der Waals surface area contributed by atoms with Crippen LogP contribution < -0.4 is 4.90 Å². The highest BCUT2D eigenvalue weighted by Gasteiger charge is 2.27. The molecule has 114 valence electrons. The monoisotopic (exact) mass is 288 g/mol. The number of nitrogens with zero attached hydrogens (tertiary/aromatic N) is 2. The molecule has 0 unspecified atom stereocenters. The van der Waals surface area contributed by atoms with Crippen LogP contribution in [0.3, 0.4) is 0 Å². The Morgan fingerprint density at radius 3 is 2.33 bits per heavy atom. The molecule has 0 spiro atoms. The number of rotatable bonds is 3. The largest absolute Gasteiger partial charge is 0.461 e. The van der Waals surface area contributed by atoms with Gasteiger partial charge in [-0.15, -0.1) is 0 Å². The van der Waals surface area contributed by atoms with Crippen LogP contribution in [0.2, 0.25) is 0 Å². The Bertz CT molecular complexity index is 501. The lowest BCUT2D eigenvalue weighted by molar-refractivity contribution is -0.142. The molecule has 0 bridgehead atoms. The second-order valence-corrected chi connectivity index (χ2v) is 6.28. The van der Waals surface area contributed by atoms with Crippen molar-refractivity contribution in [2.45, 2.75) is 32.8 Å². The predicted molar refractivity (Wildman–Crippen MR) is 83.7 cm³/mol. The summed E-state index contributed by atoms with van der Waals surface area (Å²) in [7, 11) is 0. The molecule has 21 heavy (non-hydrogen) atoms. The minimum Gasteiger partial charge on any atom is -0.461 e. The van der Waals surface area contributed by atoms with Gasteiger partial charge >= 0.3 is 5.97 Å². The molecular weight excluding hydrogens is 264 g/mol. The number of benzene rings is 1. The van der Waals surface area contributed by atoms with Crippen molar-refractivity contribution >= 4 is 11.7 Å². The molecule has 0 amide bonds. The van der Waals surface area contributed by atoms with E-state index >= 15 is 0 Å². The van der Waals surface area contributed by atoms with Crippen molar-refractivity contribution in [3.8, 4) is 0 Å². The van der Waals surface area contributed by atoms with Crippen LogP contribution in [0, 0.1) is 13.8 Å². The number of carbonyl (C=O) groups excluding carboxylic acids is 1. The van der Waals surface area contributed by atoms with E-state index in [1.807, 2.05) is 0 Å². The minimum atomic E-state index is -0.0335. The predicted octanol–water partition coefficient (Wildman–Crippen LogP) is 2.13. The fourth-order valence-corrected chi connectivity index (χ4v) is 3.32. The lowest BCUT2D eigenvalue weighted by Crippen LogP contribution is -2.48. The van der Waals surface area contributed by atoms with Gasteiger partial charge in [0.05, 0.1) is 0 Å². The summed E-state index contributed by atoms with van der Waals surface area (Å²) in [5.74, 6) is -0.0335. The van der Waals surface area contributed by atoms with Gasteiger partial charge in [-0.05, 0) is 43.5 Å². The molecule has 4 heteroatoms. The Hall–Kier alpha value is -1.55. The van der Waals surface area contributed by atoms with Gasteiger partial charge < -0.3 is 9.64 Å². The van der Waals surface area contributed by atoms with E-state index < -0.39 is 0 Å². The highest BCUT2D eigenvalue weighted by Crippen LogP contribution is 2.21. The Kier molecular flexibility index (Phi) is 4.15. The zero-order valence-corrected chi connectivity index (χ0v) is 13.0. The Morgan fingerprint density at radius 2 is 1.76 bits per heavy atom. The number of ether oxygens (including phenoxy) is 1. The first-order valence-electron chi connectivity index (χ1n) is 7.85. The molecule has 1 aromatic carbocycles. The Labute approximate surface area is 126 Å². The standard InChI is InChI=1S/C17H24N2O2/c1-13-9-14(2)11-15(10-13)19-7-5-18(6-8-19)12-16-3-4-17(20)21-16/h9-11,16H,3-8,12H2,1-2H3/t16-/m1/s1. The molecular formula is C17H24N2O2. The molecule has 2 fully saturated rings. The highest BCUT2D eigenvalue weighted by molar-refractivity contribution is 5.71. The minimum absolute atomic E-state index is 0.0335. The second-order valence-electron chi connectivity index (χ2n) is 6.28. The lowest BCUT2D eigenvalue weighted by Gasteiger charge is -2.37. The maximum Gasteiger partial charge on any atom is 0.306 e. The normalized spacial score (nSPS) is 23.4. The number of carbonyl (C=O) groups is 1. The van der Waals surface area contributed by atoms with Crippen LogP contribution in [0.15, 0.2) is 18.2 Å². The van der Waals surface area contributed by atoms with Gasteiger partial charge in [0.1, 0.15) is 6.10 Å². The van der Waals surface area contributed by atoms with Crippen LogP contribution in [0.5, 0.6) is 0 Å². The number of aryl methyl sites for hydroxylation is 2. The van der Waals surface area contributed by atoms with Crippen molar-refractivity contribution in [1.29, 1.82) is 0 Å². The first kappa shape index (κ1) is 14.4. The Balaban J connectivity index is 1.54. The summed E-state index contributed by atoms with van der Waals surface area (Å²) >= 11 is 0. The van der Waals surface area contributed by atoms with Crippen molar-refractivity contribution < 1.29 is 9.53 Å².